The molecule has 0 saturated heterocycles. The van der Waals surface area contributed by atoms with Crippen molar-refractivity contribution in [2.24, 2.45) is 12.0 Å². The zero-order valence-corrected chi connectivity index (χ0v) is 15.5. The summed E-state index contributed by atoms with van der Waals surface area (Å²) < 4.78 is 2.00. The molecule has 0 aromatic carbocycles. The van der Waals surface area contributed by atoms with Gasteiger partial charge in [-0.2, -0.15) is 5.10 Å². The Balaban J connectivity index is 2.90. The molecule has 1 heterocycles. The van der Waals surface area contributed by atoms with E-state index in [4.69, 9.17) is 4.99 Å². The van der Waals surface area contributed by atoms with Crippen LogP contribution in [0.2, 0.25) is 0 Å². The van der Waals surface area contributed by atoms with Gasteiger partial charge in [0.25, 0.3) is 0 Å². The predicted octanol–water partition coefficient (Wildman–Crippen LogP) is 2.91. The van der Waals surface area contributed by atoms with Gasteiger partial charge in [-0.05, 0) is 32.6 Å². The first-order valence-electron chi connectivity index (χ1n) is 8.72. The smallest absolute Gasteiger partial charge is 0.193 e. The van der Waals surface area contributed by atoms with E-state index in [1.54, 1.807) is 0 Å². The van der Waals surface area contributed by atoms with Gasteiger partial charge in [0.15, 0.2) is 5.96 Å². The van der Waals surface area contributed by atoms with Crippen LogP contribution in [0, 0.1) is 0 Å². The number of hydrogen-bond donors (Lipinski definition) is 1. The second-order valence-electron chi connectivity index (χ2n) is 5.73. The Morgan fingerprint density at radius 2 is 2.09 bits per heavy atom. The number of aromatic nitrogens is 2. The fourth-order valence-corrected chi connectivity index (χ4v) is 2.77. The lowest BCUT2D eigenvalue weighted by Crippen LogP contribution is -2.39. The van der Waals surface area contributed by atoms with Crippen molar-refractivity contribution in [3.63, 3.8) is 0 Å². The van der Waals surface area contributed by atoms with Crippen molar-refractivity contribution in [1.29, 1.82) is 0 Å². The normalized spacial score (nSPS) is 11.6. The molecule has 0 amide bonds. The summed E-state index contributed by atoms with van der Waals surface area (Å²) in [6, 6.07) is 0. The fourth-order valence-electron chi connectivity index (χ4n) is 2.77. The third-order valence-corrected chi connectivity index (χ3v) is 4.01. The van der Waals surface area contributed by atoms with E-state index in [1.807, 2.05) is 17.8 Å². The number of aliphatic imine (C=N–C) groups is 1. The summed E-state index contributed by atoms with van der Waals surface area (Å²) >= 11 is 0. The van der Waals surface area contributed by atoms with Crippen molar-refractivity contribution in [2.75, 3.05) is 20.1 Å². The second-order valence-corrected chi connectivity index (χ2v) is 5.73. The Labute approximate surface area is 141 Å². The zero-order valence-electron chi connectivity index (χ0n) is 15.5. The summed E-state index contributed by atoms with van der Waals surface area (Å²) in [5.74, 6) is 0.963. The molecule has 0 unspecified atom stereocenters. The average Bonchev–Trinajstić information content (AvgIpc) is 2.86. The van der Waals surface area contributed by atoms with Crippen molar-refractivity contribution in [3.8, 4) is 0 Å². The highest BCUT2D eigenvalue weighted by Gasteiger charge is 2.14. The summed E-state index contributed by atoms with van der Waals surface area (Å²) in [7, 11) is 4.12. The Morgan fingerprint density at radius 3 is 2.65 bits per heavy atom. The Hall–Kier alpha value is -1.78. The number of unbranched alkanes of at least 4 members (excludes halogenated alkanes) is 1. The Bertz CT molecular complexity index is 516. The van der Waals surface area contributed by atoms with Crippen molar-refractivity contribution >= 4 is 5.96 Å². The molecule has 1 rings (SSSR count). The van der Waals surface area contributed by atoms with E-state index in [9.17, 15) is 0 Å². The van der Waals surface area contributed by atoms with Gasteiger partial charge in [0.05, 0.1) is 12.2 Å². The number of nitrogens with zero attached hydrogens (tertiary/aromatic N) is 4. The lowest BCUT2D eigenvalue weighted by atomic mass is 10.1. The van der Waals surface area contributed by atoms with Gasteiger partial charge in [-0.3, -0.25) is 4.68 Å². The van der Waals surface area contributed by atoms with Crippen molar-refractivity contribution < 1.29 is 0 Å². The van der Waals surface area contributed by atoms with Crippen LogP contribution in [0.15, 0.2) is 17.6 Å². The van der Waals surface area contributed by atoms with Gasteiger partial charge in [0.1, 0.15) is 0 Å². The highest BCUT2D eigenvalue weighted by molar-refractivity contribution is 5.79. The Morgan fingerprint density at radius 1 is 1.35 bits per heavy atom. The highest BCUT2D eigenvalue weighted by Crippen LogP contribution is 2.16. The molecule has 5 heteroatoms. The quantitative estimate of drug-likeness (QED) is 0.329. The third-order valence-electron chi connectivity index (χ3n) is 4.01. The molecule has 0 aliphatic heterocycles. The maximum Gasteiger partial charge on any atom is 0.193 e. The lowest BCUT2D eigenvalue weighted by molar-refractivity contribution is 0.470. The molecular formula is C18H33N5. The monoisotopic (exact) mass is 319 g/mol. The molecule has 130 valence electrons. The summed E-state index contributed by atoms with van der Waals surface area (Å²) in [5, 5.41) is 8.02. The maximum atomic E-state index is 4.85. The van der Waals surface area contributed by atoms with E-state index in [0.29, 0.717) is 6.54 Å². The fraction of sp³-hybridized carbons (Fsp3) is 0.667. The minimum Gasteiger partial charge on any atom is -0.357 e. The molecule has 0 radical (unpaired) electrons. The van der Waals surface area contributed by atoms with Crippen molar-refractivity contribution in [2.45, 2.75) is 53.0 Å². The summed E-state index contributed by atoms with van der Waals surface area (Å²) in [6.07, 6.45) is 6.03. The molecule has 0 fully saturated rings. The minimum absolute atomic E-state index is 0.689. The molecule has 0 saturated carbocycles. The number of hydrogen-bond acceptors (Lipinski definition) is 2. The SMILES string of the molecule is C=CCCCN(C)C(=NCc1c(CC)nn(C)c1CC)NCC. The molecule has 0 aliphatic carbocycles. The highest BCUT2D eigenvalue weighted by atomic mass is 15.3. The molecule has 1 N–H and O–H groups in total. The van der Waals surface area contributed by atoms with Crippen LogP contribution in [0.4, 0.5) is 0 Å². The van der Waals surface area contributed by atoms with Gasteiger partial charge in [-0.25, -0.2) is 4.99 Å². The van der Waals surface area contributed by atoms with Crippen molar-refractivity contribution in [3.05, 3.63) is 29.6 Å². The maximum absolute atomic E-state index is 4.85. The average molecular weight is 319 g/mol. The summed E-state index contributed by atoms with van der Waals surface area (Å²) in [4.78, 5) is 7.04. The standard InChI is InChI=1S/C18H33N5/c1-7-11-12-13-22(5)18(19-10-4)20-14-15-16(8-2)21-23(6)17(15)9-3/h7H,1,8-14H2,2-6H3,(H,19,20). The van der Waals surface area contributed by atoms with Crippen LogP contribution < -0.4 is 5.32 Å². The van der Waals surface area contributed by atoms with Crippen LogP contribution in [-0.4, -0.2) is 40.8 Å². The molecule has 0 spiro atoms. The Kier molecular flexibility index (Phi) is 8.45. The van der Waals surface area contributed by atoms with E-state index in [0.717, 1.165) is 44.7 Å². The van der Waals surface area contributed by atoms with Crippen LogP contribution in [-0.2, 0) is 26.4 Å². The van der Waals surface area contributed by atoms with Gasteiger partial charge in [0, 0.05) is 38.4 Å². The molecule has 0 aliphatic rings. The number of guanidine groups is 1. The summed E-state index contributed by atoms with van der Waals surface area (Å²) in [5.41, 5.74) is 3.74. The largest absolute Gasteiger partial charge is 0.357 e. The van der Waals surface area contributed by atoms with E-state index in [1.165, 1.54) is 17.0 Å². The molecule has 1 aromatic rings. The second kappa shape index (κ2) is 10.1. The number of allylic oxidation sites excluding steroid dienone is 1. The number of aryl methyl sites for hydroxylation is 2. The molecule has 5 nitrogen and oxygen atoms in total. The van der Waals surface area contributed by atoms with E-state index >= 15 is 0 Å². The third kappa shape index (κ3) is 5.41. The molecule has 0 bridgehead atoms. The van der Waals surface area contributed by atoms with E-state index in [2.05, 4.69) is 49.7 Å². The van der Waals surface area contributed by atoms with E-state index in [-0.39, 0.29) is 0 Å². The summed E-state index contributed by atoms with van der Waals surface area (Å²) in [6.45, 7) is 12.8. The van der Waals surface area contributed by atoms with E-state index < -0.39 is 0 Å². The first-order chi connectivity index (χ1) is 11.1. The zero-order chi connectivity index (χ0) is 17.2. The first kappa shape index (κ1) is 19.3. The molecular weight excluding hydrogens is 286 g/mol. The van der Waals surface area contributed by atoms with Crippen LogP contribution in [0.1, 0.15) is 50.6 Å². The van der Waals surface area contributed by atoms with Gasteiger partial charge in [-0.15, -0.1) is 6.58 Å². The molecule has 23 heavy (non-hydrogen) atoms. The number of nitrogens with one attached hydrogen (secondary N) is 1. The van der Waals surface area contributed by atoms with Gasteiger partial charge < -0.3 is 10.2 Å². The van der Waals surface area contributed by atoms with Crippen LogP contribution >= 0.6 is 0 Å². The topological polar surface area (TPSA) is 45.5 Å². The first-order valence-corrected chi connectivity index (χ1v) is 8.72. The van der Waals surface area contributed by atoms with Gasteiger partial charge >= 0.3 is 0 Å². The van der Waals surface area contributed by atoms with Crippen LogP contribution in [0.25, 0.3) is 0 Å². The molecule has 1 aromatic heterocycles. The number of rotatable bonds is 9. The van der Waals surface area contributed by atoms with Gasteiger partial charge in [0.2, 0.25) is 0 Å². The minimum atomic E-state index is 0.689. The lowest BCUT2D eigenvalue weighted by Gasteiger charge is -2.21. The van der Waals surface area contributed by atoms with Crippen LogP contribution in [0.5, 0.6) is 0 Å². The van der Waals surface area contributed by atoms with Crippen LogP contribution in [0.3, 0.4) is 0 Å². The molecule has 0 atom stereocenters. The van der Waals surface area contributed by atoms with Crippen molar-refractivity contribution in [1.82, 2.24) is 20.0 Å². The van der Waals surface area contributed by atoms with Gasteiger partial charge in [-0.1, -0.05) is 19.9 Å². The predicted molar refractivity (Wildman–Crippen MR) is 98.8 cm³/mol.